The van der Waals surface area contributed by atoms with Gasteiger partial charge in [0.1, 0.15) is 18.2 Å². The van der Waals surface area contributed by atoms with Gasteiger partial charge in [-0.25, -0.2) is 4.79 Å². The van der Waals surface area contributed by atoms with Crippen LogP contribution in [0.1, 0.15) is 58.9 Å². The number of nitrogens with one attached hydrogen (secondary N) is 4. The number of alkyl carbamates (subject to hydrolysis) is 1. The molecular formula is C29H40N6O8. The zero-order valence-corrected chi connectivity index (χ0v) is 24.9. The molecule has 6 N–H and O–H groups in total. The molecule has 0 bridgehead atoms. The van der Waals surface area contributed by atoms with Gasteiger partial charge in [-0.1, -0.05) is 32.4 Å². The first-order chi connectivity index (χ1) is 20.2. The zero-order chi connectivity index (χ0) is 32.2. The van der Waals surface area contributed by atoms with E-state index in [2.05, 4.69) is 21.3 Å². The van der Waals surface area contributed by atoms with Crippen molar-refractivity contribution in [3.05, 3.63) is 42.0 Å². The number of ether oxygens (including phenoxy) is 1. The van der Waals surface area contributed by atoms with Crippen molar-refractivity contribution in [1.82, 2.24) is 20.9 Å². The Labute approximate surface area is 250 Å². The Morgan fingerprint density at radius 1 is 0.930 bits per heavy atom. The predicted molar refractivity (Wildman–Crippen MR) is 156 cm³/mol. The molecule has 2 rings (SSSR count). The highest BCUT2D eigenvalue weighted by atomic mass is 16.5. The fourth-order valence-electron chi connectivity index (χ4n) is 3.83. The number of imide groups is 1. The van der Waals surface area contributed by atoms with Crippen molar-refractivity contribution in [3.8, 4) is 0 Å². The minimum Gasteiger partial charge on any atom is -0.445 e. The topological polar surface area (TPSA) is 206 Å². The standard InChI is InChI=1S/C29H40N6O8/c1-18(2)25(33-21(36)8-6-5-7-15-35-23(38)13-14-24(35)39)26(40)31-16-22(37)32-20-11-9-19(10-12-20)17-43-28(42)34-29(3,4)27(30)41/h9-14,18,25H,5-8,15-17H2,1-4H3,(H2,30,41)(H,31,40)(H,32,37)(H,33,36)(H,34,42). The van der Waals surface area contributed by atoms with Crippen molar-refractivity contribution in [2.24, 2.45) is 11.7 Å². The summed E-state index contributed by atoms with van der Waals surface area (Å²) in [6, 6.07) is 5.62. The van der Waals surface area contributed by atoms with E-state index in [1.165, 1.54) is 26.0 Å². The summed E-state index contributed by atoms with van der Waals surface area (Å²) in [5.74, 6) is -2.90. The first-order valence-electron chi connectivity index (χ1n) is 13.9. The van der Waals surface area contributed by atoms with Gasteiger partial charge in [0.2, 0.25) is 23.6 Å². The fourth-order valence-corrected chi connectivity index (χ4v) is 3.83. The smallest absolute Gasteiger partial charge is 0.408 e. The molecule has 7 amide bonds. The molecule has 1 aromatic rings. The van der Waals surface area contributed by atoms with Crippen molar-refractivity contribution < 1.29 is 38.3 Å². The molecule has 14 heteroatoms. The first kappa shape index (κ1) is 34.5. The summed E-state index contributed by atoms with van der Waals surface area (Å²) >= 11 is 0. The maximum absolute atomic E-state index is 12.7. The monoisotopic (exact) mass is 600 g/mol. The van der Waals surface area contributed by atoms with Gasteiger partial charge < -0.3 is 31.7 Å². The highest BCUT2D eigenvalue weighted by Gasteiger charge is 2.28. The molecule has 14 nitrogen and oxygen atoms in total. The van der Waals surface area contributed by atoms with Crippen LogP contribution in [0.4, 0.5) is 10.5 Å². The van der Waals surface area contributed by atoms with Crippen LogP contribution in [0.25, 0.3) is 0 Å². The van der Waals surface area contributed by atoms with Gasteiger partial charge >= 0.3 is 6.09 Å². The second kappa shape index (κ2) is 16.0. The van der Waals surface area contributed by atoms with Crippen LogP contribution in [0, 0.1) is 5.92 Å². The van der Waals surface area contributed by atoms with Crippen LogP contribution < -0.4 is 27.0 Å². The normalized spacial score (nSPS) is 13.5. The van der Waals surface area contributed by atoms with Crippen LogP contribution >= 0.6 is 0 Å². The van der Waals surface area contributed by atoms with Crippen LogP contribution in [0.15, 0.2) is 36.4 Å². The molecule has 1 aliphatic heterocycles. The molecule has 0 saturated heterocycles. The SMILES string of the molecule is CC(C)C(NC(=O)CCCCCN1C(=O)C=CC1=O)C(=O)NCC(=O)Nc1ccc(COC(=O)NC(C)(C)C(N)=O)cc1. The number of carbonyl (C=O) groups excluding carboxylic acids is 7. The molecule has 1 atom stereocenters. The molecule has 0 aliphatic carbocycles. The number of nitrogens with two attached hydrogens (primary N) is 1. The average molecular weight is 601 g/mol. The van der Waals surface area contributed by atoms with E-state index in [9.17, 15) is 33.6 Å². The van der Waals surface area contributed by atoms with E-state index in [1.807, 2.05) is 0 Å². The maximum atomic E-state index is 12.7. The van der Waals surface area contributed by atoms with Crippen molar-refractivity contribution in [2.45, 2.75) is 71.6 Å². The van der Waals surface area contributed by atoms with E-state index < -0.39 is 35.4 Å². The van der Waals surface area contributed by atoms with Gasteiger partial charge in [-0.05, 0) is 50.3 Å². The molecule has 1 aliphatic rings. The third-order valence-electron chi connectivity index (χ3n) is 6.51. The van der Waals surface area contributed by atoms with E-state index in [1.54, 1.807) is 38.1 Å². The highest BCUT2D eigenvalue weighted by Crippen LogP contribution is 2.12. The van der Waals surface area contributed by atoms with E-state index in [4.69, 9.17) is 10.5 Å². The molecular weight excluding hydrogens is 560 g/mol. The van der Waals surface area contributed by atoms with Crippen LogP contribution in [0.3, 0.4) is 0 Å². The minimum atomic E-state index is -1.26. The Bertz CT molecular complexity index is 1220. The first-order valence-corrected chi connectivity index (χ1v) is 13.9. The van der Waals surface area contributed by atoms with E-state index in [0.29, 0.717) is 37.1 Å². The molecule has 0 fully saturated rings. The summed E-state index contributed by atoms with van der Waals surface area (Å²) in [5, 5.41) is 10.3. The maximum Gasteiger partial charge on any atom is 0.408 e. The molecule has 0 saturated carbocycles. The summed E-state index contributed by atoms with van der Waals surface area (Å²) in [4.78, 5) is 85.0. The summed E-state index contributed by atoms with van der Waals surface area (Å²) in [7, 11) is 0. The van der Waals surface area contributed by atoms with E-state index >= 15 is 0 Å². The van der Waals surface area contributed by atoms with Crippen molar-refractivity contribution in [1.29, 1.82) is 0 Å². The lowest BCUT2D eigenvalue weighted by atomic mass is 10.0. The molecule has 0 aromatic heterocycles. The third kappa shape index (κ3) is 11.6. The number of benzene rings is 1. The van der Waals surface area contributed by atoms with Crippen molar-refractivity contribution in [3.63, 3.8) is 0 Å². The zero-order valence-electron chi connectivity index (χ0n) is 24.9. The number of hydrogen-bond acceptors (Lipinski definition) is 8. The Morgan fingerprint density at radius 3 is 2.14 bits per heavy atom. The molecule has 0 spiro atoms. The predicted octanol–water partition coefficient (Wildman–Crippen LogP) is 0.858. The third-order valence-corrected chi connectivity index (χ3v) is 6.51. The lowest BCUT2D eigenvalue weighted by Crippen LogP contribution is -2.53. The van der Waals surface area contributed by atoms with Crippen LogP contribution in [0.2, 0.25) is 0 Å². The second-order valence-corrected chi connectivity index (χ2v) is 10.9. The van der Waals surface area contributed by atoms with Crippen LogP contribution in [-0.2, 0) is 40.1 Å². The van der Waals surface area contributed by atoms with Gasteiger partial charge in [-0.2, -0.15) is 0 Å². The number of rotatable bonds is 16. The largest absolute Gasteiger partial charge is 0.445 e. The summed E-state index contributed by atoms with van der Waals surface area (Å²) in [6.45, 7) is 6.34. The Morgan fingerprint density at radius 2 is 1.56 bits per heavy atom. The van der Waals surface area contributed by atoms with Gasteiger partial charge in [-0.15, -0.1) is 0 Å². The number of primary amides is 1. The molecule has 1 heterocycles. The molecule has 0 radical (unpaired) electrons. The number of amides is 7. The lowest BCUT2D eigenvalue weighted by Gasteiger charge is -2.22. The van der Waals surface area contributed by atoms with Crippen LogP contribution in [0.5, 0.6) is 0 Å². The average Bonchev–Trinajstić information content (AvgIpc) is 3.25. The van der Waals surface area contributed by atoms with Crippen LogP contribution in [-0.4, -0.2) is 71.1 Å². The molecule has 43 heavy (non-hydrogen) atoms. The Balaban J connectivity index is 1.70. The highest BCUT2D eigenvalue weighted by molar-refractivity contribution is 6.12. The number of carbonyl (C=O) groups is 7. The minimum absolute atomic E-state index is 0.0778. The lowest BCUT2D eigenvalue weighted by molar-refractivity contribution is -0.137. The quantitative estimate of drug-likeness (QED) is 0.136. The fraction of sp³-hybridized carbons (Fsp3) is 0.483. The number of nitrogens with zero attached hydrogens (tertiary/aromatic N) is 1. The molecule has 1 unspecified atom stereocenters. The number of unbranched alkanes of at least 4 members (excludes halogenated alkanes) is 2. The van der Waals surface area contributed by atoms with Gasteiger partial charge in [-0.3, -0.25) is 33.7 Å². The summed E-state index contributed by atoms with van der Waals surface area (Å²) in [5.41, 5.74) is 5.03. The number of hydrogen-bond donors (Lipinski definition) is 5. The van der Waals surface area contributed by atoms with Gasteiger partial charge in [0.15, 0.2) is 0 Å². The van der Waals surface area contributed by atoms with E-state index in [-0.39, 0.29) is 43.2 Å². The molecule has 234 valence electrons. The van der Waals surface area contributed by atoms with Crippen molar-refractivity contribution >= 4 is 47.2 Å². The van der Waals surface area contributed by atoms with Crippen molar-refractivity contribution in [2.75, 3.05) is 18.4 Å². The number of anilines is 1. The van der Waals surface area contributed by atoms with Gasteiger partial charge in [0.05, 0.1) is 6.54 Å². The Kier molecular flexibility index (Phi) is 12.8. The van der Waals surface area contributed by atoms with E-state index in [0.717, 1.165) is 4.90 Å². The Hall–Kier alpha value is -4.75. The summed E-state index contributed by atoms with van der Waals surface area (Å²) < 4.78 is 5.08. The van der Waals surface area contributed by atoms with Gasteiger partial charge in [0, 0.05) is 30.8 Å². The second-order valence-electron chi connectivity index (χ2n) is 10.9. The van der Waals surface area contributed by atoms with Gasteiger partial charge in [0.25, 0.3) is 11.8 Å². The molecule has 1 aromatic carbocycles. The summed E-state index contributed by atoms with van der Waals surface area (Å²) in [6.07, 6.45) is 3.55.